The molecule has 0 bridgehead atoms. The van der Waals surface area contributed by atoms with Gasteiger partial charge in [0, 0.05) is 11.1 Å². The Labute approximate surface area is 153 Å². The highest BCUT2D eigenvalue weighted by Gasteiger charge is 2.38. The molecule has 1 aromatic carbocycles. The van der Waals surface area contributed by atoms with Crippen LogP contribution in [0, 0.1) is 0 Å². The van der Waals surface area contributed by atoms with E-state index in [9.17, 15) is 18.0 Å². The molecule has 0 radical (unpaired) electrons. The minimum atomic E-state index is -4.70. The average Bonchev–Trinajstić information content (AvgIpc) is 3.14. The lowest BCUT2D eigenvalue weighted by molar-refractivity contribution is -0.159. The van der Waals surface area contributed by atoms with Crippen LogP contribution in [0.15, 0.2) is 33.9 Å². The molecule has 0 aliphatic rings. The van der Waals surface area contributed by atoms with Gasteiger partial charge in [-0.25, -0.2) is 0 Å². The number of unbranched alkanes of at least 4 members (excludes halogenated alkanes) is 1. The van der Waals surface area contributed by atoms with Crippen LogP contribution in [0.3, 0.4) is 0 Å². The third-order valence-electron chi connectivity index (χ3n) is 3.39. The van der Waals surface area contributed by atoms with E-state index in [1.54, 1.807) is 6.92 Å². The molecular weight excluding hydrogens is 365 g/mol. The fourth-order valence-corrected chi connectivity index (χ4v) is 1.93. The van der Waals surface area contributed by atoms with Gasteiger partial charge in [0.1, 0.15) is 6.61 Å². The molecule has 0 saturated heterocycles. The Bertz CT molecular complexity index is 785. The third kappa shape index (κ3) is 6.08. The minimum Gasteiger partial charge on any atom is -0.396 e. The van der Waals surface area contributed by atoms with E-state index in [2.05, 4.69) is 25.1 Å². The number of nitrogens with zero attached hydrogens (tertiary/aromatic N) is 3. The average molecular weight is 384 g/mol. The van der Waals surface area contributed by atoms with Crippen LogP contribution in [0.5, 0.6) is 0 Å². The zero-order chi connectivity index (χ0) is 19.9. The lowest BCUT2D eigenvalue weighted by Gasteiger charge is -2.06. The molecule has 0 aliphatic carbocycles. The Morgan fingerprint density at radius 2 is 2.00 bits per heavy atom. The van der Waals surface area contributed by atoms with Crippen molar-refractivity contribution in [2.45, 2.75) is 32.9 Å². The Kier molecular flexibility index (Phi) is 6.91. The zero-order valence-electron chi connectivity index (χ0n) is 14.8. The van der Waals surface area contributed by atoms with Crippen LogP contribution in [0.4, 0.5) is 13.2 Å². The van der Waals surface area contributed by atoms with Crippen molar-refractivity contribution >= 4 is 11.6 Å². The van der Waals surface area contributed by atoms with E-state index < -0.39 is 12.1 Å². The van der Waals surface area contributed by atoms with Crippen LogP contribution in [0.1, 0.15) is 42.9 Å². The number of amides is 1. The second kappa shape index (κ2) is 9.15. The summed E-state index contributed by atoms with van der Waals surface area (Å²) in [6.07, 6.45) is -2.80. The number of carbonyl (C=O) groups excluding carboxylic acids is 1. The van der Waals surface area contributed by atoms with Crippen LogP contribution >= 0.6 is 0 Å². The SMILES string of the molecule is CCCCO/N=C(\C)CNC(=O)c1ccc(-c2noc(C(F)(F)F)n2)cc1. The van der Waals surface area contributed by atoms with Crippen molar-refractivity contribution in [2.75, 3.05) is 13.2 Å². The Balaban J connectivity index is 1.92. The number of carbonyl (C=O) groups is 1. The third-order valence-corrected chi connectivity index (χ3v) is 3.39. The molecular formula is C17H19F3N4O3. The first-order valence-electron chi connectivity index (χ1n) is 8.26. The number of hydrogen-bond donors (Lipinski definition) is 1. The summed E-state index contributed by atoms with van der Waals surface area (Å²) in [6.45, 7) is 4.50. The molecule has 7 nitrogen and oxygen atoms in total. The highest BCUT2D eigenvalue weighted by atomic mass is 19.4. The number of halogens is 3. The molecule has 0 saturated carbocycles. The van der Waals surface area contributed by atoms with Crippen LogP contribution in [-0.4, -0.2) is 34.9 Å². The molecule has 0 spiro atoms. The predicted octanol–water partition coefficient (Wildman–Crippen LogP) is 3.68. The maximum atomic E-state index is 12.5. The fraction of sp³-hybridized carbons (Fsp3) is 0.412. The topological polar surface area (TPSA) is 89.6 Å². The Morgan fingerprint density at radius 3 is 2.59 bits per heavy atom. The van der Waals surface area contributed by atoms with Crippen molar-refractivity contribution in [1.82, 2.24) is 15.5 Å². The van der Waals surface area contributed by atoms with Gasteiger partial charge in [-0.1, -0.05) is 35.8 Å². The first-order valence-corrected chi connectivity index (χ1v) is 8.26. The molecule has 1 amide bonds. The Morgan fingerprint density at radius 1 is 1.30 bits per heavy atom. The number of aromatic nitrogens is 2. The first kappa shape index (κ1) is 20.4. The maximum Gasteiger partial charge on any atom is 0.471 e. The number of alkyl halides is 3. The van der Waals surface area contributed by atoms with E-state index in [0.717, 1.165) is 12.8 Å². The van der Waals surface area contributed by atoms with Crippen LogP contribution < -0.4 is 5.32 Å². The van der Waals surface area contributed by atoms with Crippen molar-refractivity contribution in [1.29, 1.82) is 0 Å². The number of benzene rings is 1. The van der Waals surface area contributed by atoms with Gasteiger partial charge in [-0.05, 0) is 25.5 Å². The summed E-state index contributed by atoms with van der Waals surface area (Å²) >= 11 is 0. The van der Waals surface area contributed by atoms with Gasteiger partial charge in [-0.15, -0.1) is 0 Å². The molecule has 2 aromatic rings. The van der Waals surface area contributed by atoms with E-state index in [4.69, 9.17) is 4.84 Å². The highest BCUT2D eigenvalue weighted by molar-refractivity contribution is 5.97. The molecule has 0 fully saturated rings. The van der Waals surface area contributed by atoms with Gasteiger partial charge in [-0.2, -0.15) is 18.2 Å². The summed E-state index contributed by atoms with van der Waals surface area (Å²) in [6, 6.07) is 5.79. The van der Waals surface area contributed by atoms with Gasteiger partial charge in [0.05, 0.1) is 12.3 Å². The van der Waals surface area contributed by atoms with E-state index in [0.29, 0.717) is 23.4 Å². The lowest BCUT2D eigenvalue weighted by atomic mass is 10.1. The van der Waals surface area contributed by atoms with E-state index in [1.165, 1.54) is 24.3 Å². The van der Waals surface area contributed by atoms with Crippen molar-refractivity contribution < 1.29 is 27.3 Å². The van der Waals surface area contributed by atoms with Gasteiger partial charge in [0.25, 0.3) is 5.91 Å². The molecule has 0 unspecified atom stereocenters. The number of hydrogen-bond acceptors (Lipinski definition) is 6. The van der Waals surface area contributed by atoms with Crippen molar-refractivity contribution in [3.05, 3.63) is 35.7 Å². The lowest BCUT2D eigenvalue weighted by Crippen LogP contribution is -2.28. The molecule has 146 valence electrons. The standard InChI is InChI=1S/C17H19F3N4O3/c1-3-4-9-26-23-11(2)10-21-15(25)13-7-5-12(6-8-13)14-22-16(27-24-14)17(18,19)20/h5-8H,3-4,9-10H2,1-2H3,(H,21,25)/b23-11+. The van der Waals surface area contributed by atoms with Crippen LogP contribution in [-0.2, 0) is 11.0 Å². The van der Waals surface area contributed by atoms with Crippen molar-refractivity contribution in [2.24, 2.45) is 5.16 Å². The molecule has 1 aromatic heterocycles. The molecule has 2 rings (SSSR count). The van der Waals surface area contributed by atoms with Gasteiger partial charge >= 0.3 is 12.1 Å². The summed E-state index contributed by atoms with van der Waals surface area (Å²) in [5.41, 5.74) is 1.24. The van der Waals surface area contributed by atoms with E-state index in [1.807, 2.05) is 6.92 Å². The van der Waals surface area contributed by atoms with Crippen molar-refractivity contribution in [3.8, 4) is 11.4 Å². The Hall–Kier alpha value is -2.91. The molecule has 1 heterocycles. The van der Waals surface area contributed by atoms with Gasteiger partial charge in [0.15, 0.2) is 0 Å². The minimum absolute atomic E-state index is 0.207. The maximum absolute atomic E-state index is 12.5. The second-order valence-electron chi connectivity index (χ2n) is 5.69. The summed E-state index contributed by atoms with van der Waals surface area (Å²) in [4.78, 5) is 20.5. The molecule has 0 aliphatic heterocycles. The number of rotatable bonds is 8. The molecule has 27 heavy (non-hydrogen) atoms. The number of oxime groups is 1. The molecule has 0 atom stereocenters. The largest absolute Gasteiger partial charge is 0.471 e. The first-order chi connectivity index (χ1) is 12.8. The summed E-state index contributed by atoms with van der Waals surface area (Å²) < 4.78 is 41.6. The summed E-state index contributed by atoms with van der Waals surface area (Å²) in [5.74, 6) is -1.98. The van der Waals surface area contributed by atoms with Gasteiger partial charge in [-0.3, -0.25) is 4.79 Å². The van der Waals surface area contributed by atoms with Crippen LogP contribution in [0.25, 0.3) is 11.4 Å². The zero-order valence-corrected chi connectivity index (χ0v) is 14.8. The predicted molar refractivity (Wildman–Crippen MR) is 91.0 cm³/mol. The molecule has 1 N–H and O–H groups in total. The summed E-state index contributed by atoms with van der Waals surface area (Å²) in [5, 5.41) is 9.85. The van der Waals surface area contributed by atoms with Crippen LogP contribution in [0.2, 0.25) is 0 Å². The quantitative estimate of drug-likeness (QED) is 0.426. The van der Waals surface area contributed by atoms with E-state index in [-0.39, 0.29) is 18.3 Å². The monoisotopic (exact) mass is 384 g/mol. The highest BCUT2D eigenvalue weighted by Crippen LogP contribution is 2.29. The second-order valence-corrected chi connectivity index (χ2v) is 5.69. The molecule has 10 heteroatoms. The fourth-order valence-electron chi connectivity index (χ4n) is 1.93. The normalized spacial score (nSPS) is 12.1. The van der Waals surface area contributed by atoms with Gasteiger partial charge < -0.3 is 14.7 Å². The van der Waals surface area contributed by atoms with Crippen molar-refractivity contribution in [3.63, 3.8) is 0 Å². The smallest absolute Gasteiger partial charge is 0.396 e. The number of nitrogens with one attached hydrogen (secondary N) is 1. The van der Waals surface area contributed by atoms with E-state index >= 15 is 0 Å². The van der Waals surface area contributed by atoms with Gasteiger partial charge in [0.2, 0.25) is 5.82 Å². The summed E-state index contributed by atoms with van der Waals surface area (Å²) in [7, 11) is 0.